The molecule has 1 aliphatic heterocycles. The third-order valence-corrected chi connectivity index (χ3v) is 15.2. The summed E-state index contributed by atoms with van der Waals surface area (Å²) in [6.07, 6.45) is 6.23. The van der Waals surface area contributed by atoms with Crippen LogP contribution in [0, 0.1) is 34.0 Å². The van der Waals surface area contributed by atoms with Crippen LogP contribution in [0.2, 0.25) is 0 Å². The number of nitrogens with zero attached hydrogens (tertiary/aromatic N) is 2. The number of hydrogen-bond donors (Lipinski definition) is 5. The molecule has 2 saturated carbocycles. The molecule has 3 fully saturated rings. The SMILES string of the molecule is CC(C)(C)[C@H](NC(=O)N[C@H](CN(I)S(C)(C)(=O)O)C(C)(C)C)C(=O)N1C[C@H]2[C@H](CCC2(C)C)[C@H]1C(=O)NC(CC1CC1)C(=O)C(N)=O. The highest BCUT2D eigenvalue weighted by atomic mass is 127. The summed E-state index contributed by atoms with van der Waals surface area (Å²) in [5, 5.41) is 8.59. The molecule has 2 aliphatic carbocycles. The third-order valence-electron chi connectivity index (χ3n) is 10.1. The fourth-order valence-corrected chi connectivity index (χ4v) is 7.74. The van der Waals surface area contributed by atoms with Crippen LogP contribution in [0.3, 0.4) is 0 Å². The molecule has 6 atom stereocenters. The largest absolute Gasteiger partial charge is 0.363 e. The Hall–Kier alpha value is -1.85. The summed E-state index contributed by atoms with van der Waals surface area (Å²) in [4.78, 5) is 68.3. The van der Waals surface area contributed by atoms with Gasteiger partial charge in [0.25, 0.3) is 5.91 Å². The van der Waals surface area contributed by atoms with E-state index in [1.165, 1.54) is 15.0 Å². The summed E-state index contributed by atoms with van der Waals surface area (Å²) >= 11 is 1.79. The van der Waals surface area contributed by atoms with Crippen LogP contribution in [0.25, 0.3) is 0 Å². The zero-order valence-electron chi connectivity index (χ0n) is 29.6. The van der Waals surface area contributed by atoms with Gasteiger partial charge in [0.1, 0.15) is 12.1 Å². The van der Waals surface area contributed by atoms with E-state index in [1.807, 2.05) is 41.5 Å². The highest BCUT2D eigenvalue weighted by Gasteiger charge is 2.57. The lowest BCUT2D eigenvalue weighted by Gasteiger charge is -2.45. The topological polar surface area (TPSA) is 191 Å². The molecule has 13 nitrogen and oxygen atoms in total. The Labute approximate surface area is 293 Å². The second kappa shape index (κ2) is 13.5. The quantitative estimate of drug-likeness (QED) is 0.114. The lowest BCUT2D eigenvalue weighted by Crippen LogP contribution is -2.62. The number of ketones is 1. The zero-order chi connectivity index (χ0) is 36.1. The third kappa shape index (κ3) is 9.87. The number of nitrogens with two attached hydrogens (primary N) is 1. The number of rotatable bonds is 12. The van der Waals surface area contributed by atoms with Crippen molar-refractivity contribution in [3.63, 3.8) is 0 Å². The first-order chi connectivity index (χ1) is 21.1. The molecule has 15 heteroatoms. The van der Waals surface area contributed by atoms with E-state index in [9.17, 15) is 32.7 Å². The summed E-state index contributed by atoms with van der Waals surface area (Å²) in [5.74, 6) is -2.75. The van der Waals surface area contributed by atoms with Gasteiger partial charge in [0, 0.05) is 48.5 Å². The summed E-state index contributed by atoms with van der Waals surface area (Å²) in [6, 6.07) is -4.15. The van der Waals surface area contributed by atoms with Crippen molar-refractivity contribution in [1.29, 1.82) is 0 Å². The molecule has 5 amide bonds. The van der Waals surface area contributed by atoms with Crippen LogP contribution in [0.4, 0.5) is 4.79 Å². The van der Waals surface area contributed by atoms with E-state index in [0.29, 0.717) is 13.0 Å². The Morgan fingerprint density at radius 3 is 2.04 bits per heavy atom. The van der Waals surface area contributed by atoms with E-state index in [4.69, 9.17) is 5.73 Å². The van der Waals surface area contributed by atoms with Crippen molar-refractivity contribution < 1.29 is 32.7 Å². The van der Waals surface area contributed by atoms with Crippen LogP contribution in [0.1, 0.15) is 87.5 Å². The van der Waals surface area contributed by atoms with Crippen molar-refractivity contribution in [2.75, 3.05) is 25.6 Å². The molecule has 3 rings (SSSR count). The maximum atomic E-state index is 14.5. The van der Waals surface area contributed by atoms with Crippen LogP contribution in [0.15, 0.2) is 0 Å². The standard InChI is InChI=1S/C32H57IN6O7S/c1-30(2,3)22(17-39(33)47(9,10,45)46)36-29(44)37-25(31(4,5)6)28(43)38-16-20-19(13-14-32(20,7)8)23(38)27(42)35-21(15-18-11-12-18)24(40)26(34)41/h18-23,25H,11-17H2,1-10H3,(H2,34,41)(H,35,42)(H,45,46)(H2,36,37,44)/t19-,20-,21?,22+,23-,25+/m0/s1. The Kier molecular flexibility index (Phi) is 11.3. The van der Waals surface area contributed by atoms with E-state index in [0.717, 1.165) is 25.7 Å². The second-order valence-corrected chi connectivity index (χ2v) is 22.9. The van der Waals surface area contributed by atoms with Gasteiger partial charge in [-0.05, 0) is 53.3 Å². The average molecular weight is 797 g/mol. The molecule has 270 valence electrons. The highest BCUT2D eigenvalue weighted by Crippen LogP contribution is 2.53. The van der Waals surface area contributed by atoms with Gasteiger partial charge in [0.2, 0.25) is 17.6 Å². The molecule has 1 unspecified atom stereocenters. The van der Waals surface area contributed by atoms with Crippen LogP contribution >= 0.6 is 22.9 Å². The van der Waals surface area contributed by atoms with Crippen LogP contribution in [-0.4, -0.2) is 95.5 Å². The van der Waals surface area contributed by atoms with Gasteiger partial charge in [0.15, 0.2) is 0 Å². The summed E-state index contributed by atoms with van der Waals surface area (Å²) in [6.45, 7) is 15.8. The van der Waals surface area contributed by atoms with Gasteiger partial charge >= 0.3 is 6.03 Å². The van der Waals surface area contributed by atoms with Gasteiger partial charge in [0.05, 0.1) is 12.1 Å². The number of carbonyl (C=O) groups excluding carboxylic acids is 5. The lowest BCUT2D eigenvalue weighted by atomic mass is 9.79. The summed E-state index contributed by atoms with van der Waals surface area (Å²) in [5.41, 5.74) is 3.93. The van der Waals surface area contributed by atoms with Crippen molar-refractivity contribution in [2.45, 2.75) is 112 Å². The van der Waals surface area contributed by atoms with Crippen molar-refractivity contribution >= 4 is 61.9 Å². The fourth-order valence-electron chi connectivity index (χ4n) is 6.77. The molecule has 1 heterocycles. The molecule has 47 heavy (non-hydrogen) atoms. The number of fused-ring (bicyclic) bond motifs is 1. The van der Waals surface area contributed by atoms with Crippen LogP contribution in [0.5, 0.6) is 0 Å². The highest BCUT2D eigenvalue weighted by molar-refractivity contribution is 14.1. The fraction of sp³-hybridized carbons (Fsp3) is 0.844. The first-order valence-electron chi connectivity index (χ1n) is 16.4. The summed E-state index contributed by atoms with van der Waals surface area (Å²) < 4.78 is 24.6. The Balaban J connectivity index is 1.89. The van der Waals surface area contributed by atoms with Crippen molar-refractivity contribution in [3.8, 4) is 0 Å². The Morgan fingerprint density at radius 2 is 1.57 bits per heavy atom. The lowest BCUT2D eigenvalue weighted by molar-refractivity contribution is -0.144. The van der Waals surface area contributed by atoms with Crippen LogP contribution < -0.4 is 21.7 Å². The number of amides is 5. The minimum absolute atomic E-state index is 0.0229. The molecule has 1 saturated heterocycles. The van der Waals surface area contributed by atoms with Gasteiger partial charge in [-0.15, -0.1) is 12.1 Å². The van der Waals surface area contributed by atoms with Crippen molar-refractivity contribution in [2.24, 2.45) is 39.7 Å². The minimum Gasteiger partial charge on any atom is -0.363 e. The van der Waals surface area contributed by atoms with E-state index >= 15 is 0 Å². The zero-order valence-corrected chi connectivity index (χ0v) is 32.6. The molecule has 0 aromatic rings. The van der Waals surface area contributed by atoms with E-state index in [-0.39, 0.29) is 29.7 Å². The number of carbonyl (C=O) groups is 5. The monoisotopic (exact) mass is 796 g/mol. The van der Waals surface area contributed by atoms with Gasteiger partial charge in [-0.2, -0.15) is 4.21 Å². The molecular weight excluding hydrogens is 739 g/mol. The molecule has 0 aromatic carbocycles. The number of Topliss-reactive ketones (excluding diaryl/α,β-unsaturated/α-hetero) is 1. The number of halogens is 1. The number of hydrogen-bond acceptors (Lipinski definition) is 6. The first kappa shape index (κ1) is 39.6. The molecule has 0 spiro atoms. The second-order valence-electron chi connectivity index (χ2n) is 17.2. The maximum absolute atomic E-state index is 14.5. The molecular formula is C32H57IN6O7S. The molecule has 3 aliphatic rings. The Bertz CT molecular complexity index is 1320. The molecule has 0 radical (unpaired) electrons. The van der Waals surface area contributed by atoms with Crippen molar-refractivity contribution in [1.82, 2.24) is 23.4 Å². The minimum atomic E-state index is -4.08. The van der Waals surface area contributed by atoms with Gasteiger partial charge in [-0.3, -0.25) is 23.7 Å². The number of urea groups is 1. The molecule has 0 bridgehead atoms. The van der Waals surface area contributed by atoms with Crippen LogP contribution in [-0.2, 0) is 28.7 Å². The Morgan fingerprint density at radius 1 is 1.00 bits per heavy atom. The molecule has 0 aromatic heterocycles. The molecule has 6 N–H and O–H groups in total. The number of nitrogens with one attached hydrogen (secondary N) is 3. The van der Waals surface area contributed by atoms with E-state index in [1.54, 1.807) is 27.8 Å². The van der Waals surface area contributed by atoms with E-state index < -0.39 is 74.1 Å². The first-order valence-corrected chi connectivity index (χ1v) is 20.1. The maximum Gasteiger partial charge on any atom is 0.315 e. The smallest absolute Gasteiger partial charge is 0.315 e. The van der Waals surface area contributed by atoms with Gasteiger partial charge in [-0.1, -0.05) is 68.2 Å². The summed E-state index contributed by atoms with van der Waals surface area (Å²) in [7, 11) is -4.08. The predicted molar refractivity (Wildman–Crippen MR) is 190 cm³/mol. The number of likely N-dealkylation sites (tertiary alicyclic amines) is 1. The van der Waals surface area contributed by atoms with Gasteiger partial charge in [-0.25, -0.2) is 4.79 Å². The van der Waals surface area contributed by atoms with E-state index in [2.05, 4.69) is 29.8 Å². The normalized spacial score (nSPS) is 25.6. The van der Waals surface area contributed by atoms with Crippen molar-refractivity contribution in [3.05, 3.63) is 0 Å². The number of primary amides is 1. The average Bonchev–Trinajstić information content (AvgIpc) is 3.54. The van der Waals surface area contributed by atoms with Gasteiger partial charge < -0.3 is 26.6 Å². The predicted octanol–water partition coefficient (Wildman–Crippen LogP) is 2.84.